The molecular formula is C16H16ClF2N7O. The summed E-state index contributed by atoms with van der Waals surface area (Å²) in [4.78, 5) is 20.4. The second kappa shape index (κ2) is 8.31. The first-order chi connectivity index (χ1) is 12.9. The lowest BCUT2D eigenvalue weighted by atomic mass is 10.2. The highest BCUT2D eigenvalue weighted by molar-refractivity contribution is 6.28. The van der Waals surface area contributed by atoms with E-state index in [4.69, 9.17) is 16.3 Å². The Morgan fingerprint density at radius 2 is 2.07 bits per heavy atom. The number of rotatable bonds is 7. The summed E-state index contributed by atoms with van der Waals surface area (Å²) in [5.41, 5.74) is 0.728. The van der Waals surface area contributed by atoms with E-state index in [0.717, 1.165) is 18.0 Å². The maximum absolute atomic E-state index is 14.1. The molecule has 0 radical (unpaired) electrons. The van der Waals surface area contributed by atoms with E-state index in [1.165, 1.54) is 7.11 Å². The Kier molecular flexibility index (Phi) is 5.87. The molecule has 0 amide bonds. The number of methoxy groups -OCH3 is 1. The highest BCUT2D eigenvalue weighted by Crippen LogP contribution is 2.20. The van der Waals surface area contributed by atoms with E-state index in [-0.39, 0.29) is 23.5 Å². The molecular weight excluding hydrogens is 380 g/mol. The van der Waals surface area contributed by atoms with E-state index in [1.807, 2.05) is 13.2 Å². The van der Waals surface area contributed by atoms with Crippen molar-refractivity contribution in [2.75, 3.05) is 19.0 Å². The summed E-state index contributed by atoms with van der Waals surface area (Å²) in [7, 11) is 3.30. The number of aromatic nitrogens is 6. The van der Waals surface area contributed by atoms with Crippen LogP contribution in [0.2, 0.25) is 5.28 Å². The van der Waals surface area contributed by atoms with Crippen LogP contribution in [0.4, 0.5) is 14.7 Å². The number of imidazole rings is 1. The van der Waals surface area contributed by atoms with Gasteiger partial charge in [0.2, 0.25) is 11.2 Å². The predicted octanol–water partition coefficient (Wildman–Crippen LogP) is 2.32. The largest absolute Gasteiger partial charge is 0.382 e. The molecule has 3 heterocycles. The minimum absolute atomic E-state index is 0.0258. The molecule has 0 unspecified atom stereocenters. The normalized spacial score (nSPS) is 12.2. The van der Waals surface area contributed by atoms with Gasteiger partial charge in [0.1, 0.15) is 23.2 Å². The van der Waals surface area contributed by atoms with Gasteiger partial charge >= 0.3 is 0 Å². The summed E-state index contributed by atoms with van der Waals surface area (Å²) in [5.74, 6) is -1.07. The maximum atomic E-state index is 14.1. The van der Waals surface area contributed by atoms with Crippen LogP contribution < -0.4 is 5.32 Å². The molecule has 0 aliphatic heterocycles. The van der Waals surface area contributed by atoms with Crippen molar-refractivity contribution in [3.8, 4) is 0 Å². The van der Waals surface area contributed by atoms with Gasteiger partial charge in [-0.05, 0) is 11.6 Å². The predicted molar refractivity (Wildman–Crippen MR) is 93.2 cm³/mol. The van der Waals surface area contributed by atoms with Crippen molar-refractivity contribution in [2.24, 2.45) is 7.05 Å². The van der Waals surface area contributed by atoms with Gasteiger partial charge in [-0.1, -0.05) is 0 Å². The maximum Gasteiger partial charge on any atom is 0.227 e. The van der Waals surface area contributed by atoms with E-state index in [0.29, 0.717) is 12.2 Å². The second-order valence-electron chi connectivity index (χ2n) is 5.72. The van der Waals surface area contributed by atoms with Gasteiger partial charge in [0.05, 0.1) is 37.3 Å². The van der Waals surface area contributed by atoms with Gasteiger partial charge in [-0.25, -0.2) is 18.7 Å². The average Bonchev–Trinajstić information content (AvgIpc) is 2.99. The number of nitrogens with one attached hydrogen (secondary N) is 1. The van der Waals surface area contributed by atoms with Crippen molar-refractivity contribution in [2.45, 2.75) is 12.5 Å². The van der Waals surface area contributed by atoms with Crippen LogP contribution >= 0.6 is 11.6 Å². The summed E-state index contributed by atoms with van der Waals surface area (Å²) in [6.45, 7) is 0.0500. The van der Waals surface area contributed by atoms with Crippen LogP contribution in [0, 0.1) is 11.6 Å². The fourth-order valence-corrected chi connectivity index (χ4v) is 2.63. The highest BCUT2D eigenvalue weighted by Gasteiger charge is 2.20. The van der Waals surface area contributed by atoms with E-state index >= 15 is 0 Å². The molecule has 0 saturated carbocycles. The van der Waals surface area contributed by atoms with Crippen LogP contribution in [-0.2, 0) is 18.2 Å². The second-order valence-corrected chi connectivity index (χ2v) is 6.06. The van der Waals surface area contributed by atoms with E-state index in [9.17, 15) is 8.78 Å². The smallest absolute Gasteiger partial charge is 0.227 e. The molecule has 3 rings (SSSR count). The molecule has 1 N–H and O–H groups in total. The van der Waals surface area contributed by atoms with Gasteiger partial charge in [0.15, 0.2) is 0 Å². The summed E-state index contributed by atoms with van der Waals surface area (Å²) in [6.07, 6.45) is 4.76. The van der Waals surface area contributed by atoms with Crippen molar-refractivity contribution < 1.29 is 13.5 Å². The number of aryl methyl sites for hydroxylation is 1. The molecule has 0 saturated heterocycles. The number of hydrogen-bond acceptors (Lipinski definition) is 7. The Hall–Kier alpha value is -2.72. The lowest BCUT2D eigenvalue weighted by molar-refractivity contribution is 0.183. The number of nitrogens with zero attached hydrogens (tertiary/aromatic N) is 6. The molecule has 0 spiro atoms. The molecule has 11 heteroatoms. The molecule has 1 atom stereocenters. The van der Waals surface area contributed by atoms with Gasteiger partial charge < -0.3 is 14.6 Å². The third kappa shape index (κ3) is 4.92. The summed E-state index contributed by atoms with van der Waals surface area (Å²) >= 11 is 5.98. The molecule has 0 aliphatic carbocycles. The molecule has 0 bridgehead atoms. The number of halogens is 3. The first-order valence-electron chi connectivity index (χ1n) is 7.88. The zero-order chi connectivity index (χ0) is 19.4. The molecule has 142 valence electrons. The van der Waals surface area contributed by atoms with Gasteiger partial charge in [0.25, 0.3) is 0 Å². The Morgan fingerprint density at radius 1 is 1.26 bits per heavy atom. The zero-order valence-electron chi connectivity index (χ0n) is 14.5. The minimum Gasteiger partial charge on any atom is -0.382 e. The number of ether oxygens (including phenoxy) is 1. The average molecular weight is 396 g/mol. The summed E-state index contributed by atoms with van der Waals surface area (Å²) in [6, 6.07) is -0.00343. The Labute approximate surface area is 158 Å². The van der Waals surface area contributed by atoms with E-state index in [1.54, 1.807) is 10.9 Å². The lowest BCUT2D eigenvalue weighted by Crippen LogP contribution is -2.21. The van der Waals surface area contributed by atoms with E-state index in [2.05, 4.69) is 30.2 Å². The monoisotopic (exact) mass is 395 g/mol. The molecule has 0 aromatic carbocycles. The Morgan fingerprint density at radius 3 is 2.74 bits per heavy atom. The minimum atomic E-state index is -0.807. The van der Waals surface area contributed by atoms with Crippen molar-refractivity contribution in [1.29, 1.82) is 0 Å². The molecule has 8 nitrogen and oxygen atoms in total. The number of pyridine rings is 1. The summed E-state index contributed by atoms with van der Waals surface area (Å²) < 4.78 is 34.1. The summed E-state index contributed by atoms with van der Waals surface area (Å²) in [5, 5.41) is 2.88. The molecule has 3 aromatic heterocycles. The fourth-order valence-electron chi connectivity index (χ4n) is 2.45. The van der Waals surface area contributed by atoms with Crippen molar-refractivity contribution in [3.05, 3.63) is 58.9 Å². The third-order valence-electron chi connectivity index (χ3n) is 3.56. The molecule has 0 fully saturated rings. The van der Waals surface area contributed by atoms with Crippen molar-refractivity contribution >= 4 is 17.5 Å². The van der Waals surface area contributed by atoms with Gasteiger partial charge in [0, 0.05) is 26.4 Å². The number of hydrogen-bond donors (Lipinski definition) is 1. The lowest BCUT2D eigenvalue weighted by Gasteiger charge is -2.18. The molecule has 3 aromatic rings. The van der Waals surface area contributed by atoms with Gasteiger partial charge in [-0.2, -0.15) is 9.97 Å². The van der Waals surface area contributed by atoms with Crippen LogP contribution in [-0.4, -0.2) is 43.2 Å². The van der Waals surface area contributed by atoms with Gasteiger partial charge in [-0.3, -0.25) is 4.98 Å². The van der Waals surface area contributed by atoms with Crippen LogP contribution in [0.3, 0.4) is 0 Å². The Balaban J connectivity index is 1.85. The Bertz CT molecular complexity index is 937. The first-order valence-corrected chi connectivity index (χ1v) is 8.26. The van der Waals surface area contributed by atoms with E-state index < -0.39 is 17.7 Å². The highest BCUT2D eigenvalue weighted by atomic mass is 35.5. The van der Waals surface area contributed by atoms with Crippen molar-refractivity contribution in [3.63, 3.8) is 0 Å². The van der Waals surface area contributed by atoms with Crippen molar-refractivity contribution in [1.82, 2.24) is 29.5 Å². The van der Waals surface area contributed by atoms with Crippen LogP contribution in [0.1, 0.15) is 23.3 Å². The van der Waals surface area contributed by atoms with Gasteiger partial charge in [-0.15, -0.1) is 0 Å². The topological polar surface area (TPSA) is 90.6 Å². The first kappa shape index (κ1) is 19.1. The van der Waals surface area contributed by atoms with Crippen LogP contribution in [0.25, 0.3) is 0 Å². The zero-order valence-corrected chi connectivity index (χ0v) is 15.3. The van der Waals surface area contributed by atoms with Crippen LogP contribution in [0.5, 0.6) is 0 Å². The standard InChI is InChI=1S/C16H16ClF2N7O/c1-26-6-10(21-8-26)4-13-23-15(17)25-16(24-13)22-12(7-27-2)14-11(19)3-9(18)5-20-14/h3,5-6,8,12H,4,7H2,1-2H3,(H,22,23,24,25)/t12-/m0/s1. The SMILES string of the molecule is COC[C@H](Nc1nc(Cl)nc(Cc2cn(C)cn2)n1)c1ncc(F)cc1F. The number of anilines is 1. The fraction of sp³-hybridized carbons (Fsp3) is 0.312. The quantitative estimate of drug-likeness (QED) is 0.656. The molecule has 27 heavy (non-hydrogen) atoms. The molecule has 0 aliphatic rings. The third-order valence-corrected chi connectivity index (χ3v) is 3.72. The van der Waals surface area contributed by atoms with Crippen LogP contribution in [0.15, 0.2) is 24.8 Å².